The van der Waals surface area contributed by atoms with E-state index in [1.165, 1.54) is 30.9 Å². The van der Waals surface area contributed by atoms with Gasteiger partial charge in [-0.05, 0) is 62.7 Å². The van der Waals surface area contributed by atoms with Crippen molar-refractivity contribution in [1.82, 2.24) is 14.5 Å². The average molecular weight is 470 g/mol. The number of carbonyl (C=O) groups is 1. The van der Waals surface area contributed by atoms with Gasteiger partial charge in [-0.3, -0.25) is 14.2 Å². The monoisotopic (exact) mass is 469 g/mol. The number of carbonyl (C=O) groups excluding carboxylic acids is 1. The summed E-state index contributed by atoms with van der Waals surface area (Å²) in [4.78, 5) is 32.5. The van der Waals surface area contributed by atoms with Crippen molar-refractivity contribution < 1.29 is 14.3 Å². The van der Waals surface area contributed by atoms with Gasteiger partial charge in [-0.2, -0.15) is 0 Å². The number of methoxy groups -OCH3 is 1. The van der Waals surface area contributed by atoms with Gasteiger partial charge in [0.15, 0.2) is 0 Å². The molecule has 33 heavy (non-hydrogen) atoms. The minimum absolute atomic E-state index is 0.249. The second-order valence-corrected chi connectivity index (χ2v) is 8.63. The summed E-state index contributed by atoms with van der Waals surface area (Å²) >= 11 is 6.14. The van der Waals surface area contributed by atoms with Crippen LogP contribution < -0.4 is 10.3 Å². The van der Waals surface area contributed by atoms with E-state index in [0.29, 0.717) is 39.7 Å². The van der Waals surface area contributed by atoms with Gasteiger partial charge in [-0.25, -0.2) is 4.98 Å². The van der Waals surface area contributed by atoms with Crippen LogP contribution in [-0.2, 0) is 16.1 Å². The number of nitrogens with zero attached hydrogens (tertiary/aromatic N) is 3. The first-order chi connectivity index (χ1) is 16.0. The van der Waals surface area contributed by atoms with E-state index in [9.17, 15) is 9.59 Å². The first kappa shape index (κ1) is 23.3. The minimum Gasteiger partial charge on any atom is -0.494 e. The van der Waals surface area contributed by atoms with Crippen LogP contribution in [0.15, 0.2) is 47.3 Å². The molecule has 0 spiro atoms. The molecule has 0 aliphatic carbocycles. The molecule has 3 aromatic rings. The van der Waals surface area contributed by atoms with Crippen LogP contribution in [0, 0.1) is 0 Å². The number of fused-ring (bicyclic) bond motifs is 1. The van der Waals surface area contributed by atoms with Crippen molar-refractivity contribution in [2.24, 2.45) is 0 Å². The van der Waals surface area contributed by atoms with Crippen LogP contribution in [0.3, 0.4) is 0 Å². The largest absolute Gasteiger partial charge is 0.494 e. The Labute approximate surface area is 197 Å². The van der Waals surface area contributed by atoms with Crippen LogP contribution in [0.4, 0.5) is 0 Å². The average Bonchev–Trinajstić information content (AvgIpc) is 2.84. The second kappa shape index (κ2) is 10.8. The molecule has 0 radical (unpaired) electrons. The van der Waals surface area contributed by atoms with Crippen LogP contribution in [-0.4, -0.2) is 53.8 Å². The Bertz CT molecular complexity index is 1190. The van der Waals surface area contributed by atoms with Crippen LogP contribution in [0.2, 0.25) is 5.02 Å². The van der Waals surface area contributed by atoms with Gasteiger partial charge in [-0.15, -0.1) is 0 Å². The molecule has 0 unspecified atom stereocenters. The lowest BCUT2D eigenvalue weighted by molar-refractivity contribution is -0.141. The fraction of sp³-hybridized carbons (Fsp3) is 0.400. The Hall–Kier alpha value is -2.90. The molecule has 4 rings (SSSR count). The quantitative estimate of drug-likeness (QED) is 0.364. The molecular formula is C25H28ClN3O4. The summed E-state index contributed by atoms with van der Waals surface area (Å²) in [5, 5.41) is 0.901. The van der Waals surface area contributed by atoms with E-state index in [4.69, 9.17) is 21.1 Å². The molecule has 8 heteroatoms. The fourth-order valence-corrected chi connectivity index (χ4v) is 4.33. The van der Waals surface area contributed by atoms with E-state index >= 15 is 0 Å². The number of rotatable bonds is 8. The zero-order valence-electron chi connectivity index (χ0n) is 18.8. The molecular weight excluding hydrogens is 442 g/mol. The van der Waals surface area contributed by atoms with E-state index in [-0.39, 0.29) is 12.1 Å². The summed E-state index contributed by atoms with van der Waals surface area (Å²) in [6.45, 7) is 3.67. The van der Waals surface area contributed by atoms with E-state index in [2.05, 4.69) is 9.88 Å². The Balaban J connectivity index is 1.59. The molecule has 1 saturated heterocycles. The number of esters is 1. The first-order valence-corrected chi connectivity index (χ1v) is 11.7. The van der Waals surface area contributed by atoms with Gasteiger partial charge in [-0.1, -0.05) is 30.2 Å². The van der Waals surface area contributed by atoms with Crippen molar-refractivity contribution in [2.75, 3.05) is 33.4 Å². The van der Waals surface area contributed by atoms with Crippen molar-refractivity contribution in [3.05, 3.63) is 57.8 Å². The summed E-state index contributed by atoms with van der Waals surface area (Å²) < 4.78 is 12.0. The lowest BCUT2D eigenvalue weighted by Gasteiger charge is -2.26. The molecule has 2 aromatic carbocycles. The highest BCUT2D eigenvalue weighted by Crippen LogP contribution is 2.24. The van der Waals surface area contributed by atoms with Crippen LogP contribution in [0.5, 0.6) is 5.75 Å². The molecule has 0 amide bonds. The van der Waals surface area contributed by atoms with Crippen LogP contribution in [0.25, 0.3) is 22.3 Å². The molecule has 0 N–H and O–H groups in total. The molecule has 1 fully saturated rings. The van der Waals surface area contributed by atoms with Gasteiger partial charge in [0.1, 0.15) is 18.1 Å². The molecule has 0 atom stereocenters. The molecule has 0 bridgehead atoms. The number of hydrogen-bond donors (Lipinski definition) is 0. The maximum absolute atomic E-state index is 13.4. The smallest absolute Gasteiger partial charge is 0.325 e. The van der Waals surface area contributed by atoms with E-state index in [0.717, 1.165) is 26.1 Å². The highest BCUT2D eigenvalue weighted by molar-refractivity contribution is 6.30. The van der Waals surface area contributed by atoms with Crippen molar-refractivity contribution in [1.29, 1.82) is 0 Å². The van der Waals surface area contributed by atoms with E-state index in [1.54, 1.807) is 36.4 Å². The zero-order chi connectivity index (χ0) is 23.2. The zero-order valence-corrected chi connectivity index (χ0v) is 19.5. The van der Waals surface area contributed by atoms with Gasteiger partial charge < -0.3 is 14.4 Å². The summed E-state index contributed by atoms with van der Waals surface area (Å²) in [6.07, 6.45) is 4.79. The fourth-order valence-electron chi connectivity index (χ4n) is 4.14. The summed E-state index contributed by atoms with van der Waals surface area (Å²) in [5.41, 5.74) is 0.833. The summed E-state index contributed by atoms with van der Waals surface area (Å²) in [7, 11) is 1.29. The van der Waals surface area contributed by atoms with Gasteiger partial charge in [0.25, 0.3) is 5.56 Å². The highest BCUT2D eigenvalue weighted by atomic mass is 35.5. The molecule has 1 aliphatic heterocycles. The number of halogens is 1. The third-order valence-corrected chi connectivity index (χ3v) is 6.09. The third kappa shape index (κ3) is 5.72. The van der Waals surface area contributed by atoms with Crippen molar-refractivity contribution in [3.63, 3.8) is 0 Å². The minimum atomic E-state index is -0.536. The maximum Gasteiger partial charge on any atom is 0.325 e. The van der Waals surface area contributed by atoms with Gasteiger partial charge >= 0.3 is 5.97 Å². The summed E-state index contributed by atoms with van der Waals surface area (Å²) in [6, 6.07) is 12.3. The molecule has 0 saturated carbocycles. The molecule has 174 valence electrons. The third-order valence-electron chi connectivity index (χ3n) is 5.86. The van der Waals surface area contributed by atoms with E-state index in [1.807, 2.05) is 6.07 Å². The molecule has 7 nitrogen and oxygen atoms in total. The van der Waals surface area contributed by atoms with Gasteiger partial charge in [0.05, 0.1) is 24.6 Å². The Morgan fingerprint density at radius 2 is 1.94 bits per heavy atom. The molecule has 1 aromatic heterocycles. The lowest BCUT2D eigenvalue weighted by Crippen LogP contribution is -2.31. The van der Waals surface area contributed by atoms with Gasteiger partial charge in [0.2, 0.25) is 0 Å². The molecule has 2 heterocycles. The second-order valence-electron chi connectivity index (χ2n) is 8.20. The standard InChI is InChI=1S/C25H28ClN3O4/c1-32-23(30)17-29-24(18-7-5-8-19(26)15-18)27-22-10-9-20(16-21(22)25(29)31)33-14-6-13-28-11-3-2-4-12-28/h5,7-10,15-16H,2-4,6,11-14,17H2,1H3. The van der Waals surface area contributed by atoms with E-state index < -0.39 is 5.97 Å². The molecule has 1 aliphatic rings. The number of likely N-dealkylation sites (tertiary alicyclic amines) is 1. The van der Waals surface area contributed by atoms with Crippen LogP contribution in [0.1, 0.15) is 25.7 Å². The van der Waals surface area contributed by atoms with Gasteiger partial charge in [0, 0.05) is 17.1 Å². The van der Waals surface area contributed by atoms with Crippen molar-refractivity contribution in [2.45, 2.75) is 32.2 Å². The van der Waals surface area contributed by atoms with Crippen molar-refractivity contribution >= 4 is 28.5 Å². The Kier molecular flexibility index (Phi) is 7.62. The Morgan fingerprint density at radius 1 is 1.12 bits per heavy atom. The Morgan fingerprint density at radius 3 is 2.70 bits per heavy atom. The maximum atomic E-state index is 13.4. The number of aromatic nitrogens is 2. The SMILES string of the molecule is COC(=O)Cn1c(-c2cccc(Cl)c2)nc2ccc(OCCCN3CCCCC3)cc2c1=O. The highest BCUT2D eigenvalue weighted by Gasteiger charge is 2.17. The topological polar surface area (TPSA) is 73.7 Å². The number of hydrogen-bond acceptors (Lipinski definition) is 6. The van der Waals surface area contributed by atoms with Crippen molar-refractivity contribution in [3.8, 4) is 17.1 Å². The first-order valence-electron chi connectivity index (χ1n) is 11.3. The summed E-state index contributed by atoms with van der Waals surface area (Å²) in [5.74, 6) is 0.433. The van der Waals surface area contributed by atoms with Crippen LogP contribution >= 0.6 is 11.6 Å². The predicted octanol–water partition coefficient (Wildman–Crippen LogP) is 4.14. The predicted molar refractivity (Wildman–Crippen MR) is 129 cm³/mol. The number of piperidine rings is 1. The lowest BCUT2D eigenvalue weighted by atomic mass is 10.1. The number of ether oxygens (including phenoxy) is 2. The normalized spacial score (nSPS) is 14.4. The number of benzene rings is 2.